The van der Waals surface area contributed by atoms with Crippen molar-refractivity contribution >= 4 is 11.4 Å². The number of hydrogen-bond acceptors (Lipinski definition) is 3. The maximum Gasteiger partial charge on any atom is 0.269 e. The van der Waals surface area contributed by atoms with Gasteiger partial charge in [-0.1, -0.05) is 50.1 Å². The number of hydrogen-bond donors (Lipinski definition) is 1. The SMILES string of the molecule is CCCCC(Nc1ccc([N+](=O)[O-])cc1)c1ccccc1. The van der Waals surface area contributed by atoms with Crippen molar-refractivity contribution in [1.82, 2.24) is 0 Å². The van der Waals surface area contributed by atoms with Gasteiger partial charge in [0.1, 0.15) is 0 Å². The predicted octanol–water partition coefficient (Wildman–Crippen LogP) is 4.94. The molecule has 0 fully saturated rings. The molecule has 0 spiro atoms. The molecule has 4 heteroatoms. The molecule has 0 heterocycles. The van der Waals surface area contributed by atoms with Crippen molar-refractivity contribution in [2.24, 2.45) is 0 Å². The minimum absolute atomic E-state index is 0.116. The molecule has 0 saturated carbocycles. The standard InChI is InChI=1S/C17H20N2O2/c1-2-3-9-17(14-7-5-4-6-8-14)18-15-10-12-16(13-11-15)19(20)21/h4-8,10-13,17-18H,2-3,9H2,1H3. The summed E-state index contributed by atoms with van der Waals surface area (Å²) in [5.74, 6) is 0. The largest absolute Gasteiger partial charge is 0.378 e. The van der Waals surface area contributed by atoms with E-state index in [1.165, 1.54) is 17.7 Å². The van der Waals surface area contributed by atoms with Crippen LogP contribution in [0.15, 0.2) is 54.6 Å². The van der Waals surface area contributed by atoms with Gasteiger partial charge in [0, 0.05) is 17.8 Å². The molecule has 0 aromatic heterocycles. The summed E-state index contributed by atoms with van der Waals surface area (Å²) in [5.41, 5.74) is 2.26. The van der Waals surface area contributed by atoms with Gasteiger partial charge in [0.2, 0.25) is 0 Å². The van der Waals surface area contributed by atoms with Crippen LogP contribution in [-0.2, 0) is 0 Å². The van der Waals surface area contributed by atoms with Crippen LogP contribution >= 0.6 is 0 Å². The minimum atomic E-state index is -0.379. The first-order valence-corrected chi connectivity index (χ1v) is 7.26. The van der Waals surface area contributed by atoms with Crippen molar-refractivity contribution in [2.75, 3.05) is 5.32 Å². The molecule has 1 N–H and O–H groups in total. The van der Waals surface area contributed by atoms with Gasteiger partial charge in [-0.05, 0) is 24.1 Å². The Morgan fingerprint density at radius 1 is 1.10 bits per heavy atom. The Morgan fingerprint density at radius 3 is 2.33 bits per heavy atom. The third-order valence-electron chi connectivity index (χ3n) is 3.47. The Kier molecular flexibility index (Phi) is 5.32. The molecule has 0 amide bonds. The van der Waals surface area contributed by atoms with Crippen molar-refractivity contribution in [3.05, 3.63) is 70.3 Å². The van der Waals surface area contributed by atoms with Crippen molar-refractivity contribution in [3.63, 3.8) is 0 Å². The van der Waals surface area contributed by atoms with Gasteiger partial charge in [-0.15, -0.1) is 0 Å². The van der Waals surface area contributed by atoms with E-state index in [0.29, 0.717) is 0 Å². The van der Waals surface area contributed by atoms with Crippen LogP contribution in [0.4, 0.5) is 11.4 Å². The highest BCUT2D eigenvalue weighted by atomic mass is 16.6. The normalized spacial score (nSPS) is 11.9. The molecule has 1 unspecified atom stereocenters. The van der Waals surface area contributed by atoms with E-state index in [1.807, 2.05) is 18.2 Å². The molecular weight excluding hydrogens is 264 g/mol. The highest BCUT2D eigenvalue weighted by Crippen LogP contribution is 2.25. The summed E-state index contributed by atoms with van der Waals surface area (Å²) in [4.78, 5) is 10.3. The van der Waals surface area contributed by atoms with Crippen molar-refractivity contribution in [1.29, 1.82) is 0 Å². The molecule has 110 valence electrons. The summed E-state index contributed by atoms with van der Waals surface area (Å²) in [6.07, 6.45) is 3.32. The Labute approximate surface area is 125 Å². The van der Waals surface area contributed by atoms with E-state index in [0.717, 1.165) is 24.9 Å². The summed E-state index contributed by atoms with van der Waals surface area (Å²) < 4.78 is 0. The van der Waals surface area contributed by atoms with E-state index in [2.05, 4.69) is 24.4 Å². The first-order valence-electron chi connectivity index (χ1n) is 7.26. The fraction of sp³-hybridized carbons (Fsp3) is 0.294. The van der Waals surface area contributed by atoms with Crippen LogP contribution in [0.5, 0.6) is 0 Å². The van der Waals surface area contributed by atoms with E-state index in [4.69, 9.17) is 0 Å². The molecular formula is C17H20N2O2. The molecule has 0 radical (unpaired) electrons. The predicted molar refractivity (Wildman–Crippen MR) is 85.4 cm³/mol. The summed E-state index contributed by atoms with van der Waals surface area (Å²) in [5, 5.41) is 14.2. The van der Waals surface area contributed by atoms with E-state index in [9.17, 15) is 10.1 Å². The monoisotopic (exact) mass is 284 g/mol. The van der Waals surface area contributed by atoms with E-state index < -0.39 is 0 Å². The number of non-ortho nitro benzene ring substituents is 1. The van der Waals surface area contributed by atoms with Crippen LogP contribution in [0.3, 0.4) is 0 Å². The van der Waals surface area contributed by atoms with Crippen LogP contribution in [0, 0.1) is 10.1 Å². The molecule has 0 aliphatic heterocycles. The average Bonchev–Trinajstić information content (AvgIpc) is 2.52. The minimum Gasteiger partial charge on any atom is -0.378 e. The number of nitro benzene ring substituents is 1. The number of anilines is 1. The van der Waals surface area contributed by atoms with Crippen LogP contribution < -0.4 is 5.32 Å². The van der Waals surface area contributed by atoms with Gasteiger partial charge in [-0.2, -0.15) is 0 Å². The average molecular weight is 284 g/mol. The molecule has 0 aliphatic carbocycles. The lowest BCUT2D eigenvalue weighted by atomic mass is 10.0. The quantitative estimate of drug-likeness (QED) is 0.579. The first-order chi connectivity index (χ1) is 10.2. The van der Waals surface area contributed by atoms with E-state index >= 15 is 0 Å². The summed E-state index contributed by atoms with van der Waals surface area (Å²) in [6, 6.07) is 17.1. The van der Waals surface area contributed by atoms with Crippen molar-refractivity contribution in [2.45, 2.75) is 32.2 Å². The molecule has 0 saturated heterocycles. The van der Waals surface area contributed by atoms with Gasteiger partial charge >= 0.3 is 0 Å². The van der Waals surface area contributed by atoms with Gasteiger partial charge < -0.3 is 5.32 Å². The molecule has 2 aromatic rings. The van der Waals surface area contributed by atoms with Crippen molar-refractivity contribution in [3.8, 4) is 0 Å². The zero-order chi connectivity index (χ0) is 15.1. The molecule has 1 atom stereocenters. The number of benzene rings is 2. The van der Waals surface area contributed by atoms with Crippen molar-refractivity contribution < 1.29 is 4.92 Å². The fourth-order valence-corrected chi connectivity index (χ4v) is 2.30. The smallest absolute Gasteiger partial charge is 0.269 e. The van der Waals surface area contributed by atoms with E-state index in [-0.39, 0.29) is 16.7 Å². The van der Waals surface area contributed by atoms with Crippen LogP contribution in [0.2, 0.25) is 0 Å². The number of rotatable bonds is 7. The summed E-state index contributed by atoms with van der Waals surface area (Å²) in [7, 11) is 0. The second kappa shape index (κ2) is 7.43. The first kappa shape index (κ1) is 15.0. The Morgan fingerprint density at radius 2 is 1.76 bits per heavy atom. The summed E-state index contributed by atoms with van der Waals surface area (Å²) >= 11 is 0. The topological polar surface area (TPSA) is 55.2 Å². The van der Waals surface area contributed by atoms with Crippen LogP contribution in [-0.4, -0.2) is 4.92 Å². The van der Waals surface area contributed by atoms with Gasteiger partial charge in [0.05, 0.1) is 11.0 Å². The highest BCUT2D eigenvalue weighted by molar-refractivity contribution is 5.50. The lowest BCUT2D eigenvalue weighted by Gasteiger charge is -2.20. The van der Waals surface area contributed by atoms with Gasteiger partial charge in [0.25, 0.3) is 5.69 Å². The highest BCUT2D eigenvalue weighted by Gasteiger charge is 2.11. The third kappa shape index (κ3) is 4.31. The van der Waals surface area contributed by atoms with Gasteiger partial charge in [-0.25, -0.2) is 0 Å². The maximum absolute atomic E-state index is 10.7. The molecule has 4 nitrogen and oxygen atoms in total. The molecule has 0 aliphatic rings. The van der Waals surface area contributed by atoms with Crippen LogP contribution in [0.1, 0.15) is 37.8 Å². The molecule has 0 bridgehead atoms. The van der Waals surface area contributed by atoms with Crippen LogP contribution in [0.25, 0.3) is 0 Å². The fourth-order valence-electron chi connectivity index (χ4n) is 2.30. The number of nitrogens with one attached hydrogen (secondary N) is 1. The van der Waals surface area contributed by atoms with E-state index in [1.54, 1.807) is 12.1 Å². The Bertz CT molecular complexity index is 567. The molecule has 2 rings (SSSR count). The lowest BCUT2D eigenvalue weighted by molar-refractivity contribution is -0.384. The van der Waals surface area contributed by atoms with Gasteiger partial charge in [0.15, 0.2) is 0 Å². The van der Waals surface area contributed by atoms with Gasteiger partial charge in [-0.3, -0.25) is 10.1 Å². The number of nitro groups is 1. The molecule has 2 aromatic carbocycles. The second-order valence-corrected chi connectivity index (χ2v) is 5.05. The Balaban J connectivity index is 2.12. The Hall–Kier alpha value is -2.36. The number of unbranched alkanes of at least 4 members (excludes halogenated alkanes) is 1. The maximum atomic E-state index is 10.7. The zero-order valence-corrected chi connectivity index (χ0v) is 12.2. The lowest BCUT2D eigenvalue weighted by Crippen LogP contribution is -2.10. The summed E-state index contributed by atoms with van der Waals surface area (Å²) in [6.45, 7) is 2.17. The molecule has 21 heavy (non-hydrogen) atoms. The zero-order valence-electron chi connectivity index (χ0n) is 12.2. The second-order valence-electron chi connectivity index (χ2n) is 5.05. The third-order valence-corrected chi connectivity index (χ3v) is 3.47. The number of nitrogens with zero attached hydrogens (tertiary/aromatic N) is 1.